The molecule has 0 saturated carbocycles. The van der Waals surface area contributed by atoms with Crippen molar-refractivity contribution in [2.75, 3.05) is 6.54 Å². The van der Waals surface area contributed by atoms with Crippen molar-refractivity contribution >= 4 is 16.9 Å². The quantitative estimate of drug-likeness (QED) is 0.331. The van der Waals surface area contributed by atoms with Crippen molar-refractivity contribution in [1.82, 2.24) is 34.4 Å². The second-order valence-corrected chi connectivity index (χ2v) is 9.09. The molecular formula is C26H27F2N7O2. The van der Waals surface area contributed by atoms with Gasteiger partial charge in [-0.05, 0) is 57.5 Å². The van der Waals surface area contributed by atoms with Gasteiger partial charge in [-0.15, -0.1) is 5.10 Å². The van der Waals surface area contributed by atoms with Crippen LogP contribution in [-0.2, 0) is 4.79 Å². The molecule has 0 aliphatic carbocycles. The van der Waals surface area contributed by atoms with Gasteiger partial charge < -0.3 is 9.64 Å². The minimum atomic E-state index is -2.78. The van der Waals surface area contributed by atoms with Gasteiger partial charge in [0.2, 0.25) is 5.91 Å². The van der Waals surface area contributed by atoms with Gasteiger partial charge in [0, 0.05) is 18.3 Å². The number of amides is 1. The Morgan fingerprint density at radius 1 is 1.27 bits per heavy atom. The first kappa shape index (κ1) is 24.5. The van der Waals surface area contributed by atoms with Crippen molar-refractivity contribution in [2.45, 2.75) is 51.9 Å². The smallest absolute Gasteiger partial charge is 0.320 e. The lowest BCUT2D eigenvalue weighted by Crippen LogP contribution is -2.35. The van der Waals surface area contributed by atoms with E-state index in [0.29, 0.717) is 29.0 Å². The van der Waals surface area contributed by atoms with Crippen LogP contribution in [0.3, 0.4) is 0 Å². The fraction of sp³-hybridized carbons (Fsp3) is 0.346. The summed E-state index contributed by atoms with van der Waals surface area (Å²) in [5.41, 5.74) is 3.23. The lowest BCUT2D eigenvalue weighted by molar-refractivity contribution is -0.126. The predicted molar refractivity (Wildman–Crippen MR) is 133 cm³/mol. The van der Waals surface area contributed by atoms with E-state index in [0.717, 1.165) is 23.0 Å². The van der Waals surface area contributed by atoms with E-state index in [1.165, 1.54) is 6.08 Å². The molecule has 5 rings (SSSR count). The number of pyridine rings is 1. The van der Waals surface area contributed by atoms with Gasteiger partial charge in [0.15, 0.2) is 0 Å². The van der Waals surface area contributed by atoms with Crippen LogP contribution in [0.4, 0.5) is 8.78 Å². The first-order valence-corrected chi connectivity index (χ1v) is 12.0. The van der Waals surface area contributed by atoms with E-state index in [1.54, 1.807) is 29.3 Å². The summed E-state index contributed by atoms with van der Waals surface area (Å²) in [5, 5.41) is 8.82. The number of hydrogen-bond acceptors (Lipinski definition) is 6. The maximum atomic E-state index is 13.8. The molecule has 0 bridgehead atoms. The van der Waals surface area contributed by atoms with E-state index in [9.17, 15) is 13.6 Å². The predicted octanol–water partition coefficient (Wildman–Crippen LogP) is 4.88. The van der Waals surface area contributed by atoms with Crippen LogP contribution < -0.4 is 4.74 Å². The number of imidazole rings is 1. The third-order valence-electron chi connectivity index (χ3n) is 6.94. The molecule has 11 heteroatoms. The number of nitrogens with zero attached hydrogens (tertiary/aromatic N) is 7. The zero-order valence-electron chi connectivity index (χ0n) is 20.8. The first-order chi connectivity index (χ1) is 17.8. The maximum Gasteiger partial charge on any atom is 0.320 e. The van der Waals surface area contributed by atoms with Gasteiger partial charge in [-0.25, -0.2) is 9.67 Å². The monoisotopic (exact) mass is 507 g/mol. The van der Waals surface area contributed by atoms with Crippen molar-refractivity contribution < 1.29 is 18.3 Å². The van der Waals surface area contributed by atoms with E-state index >= 15 is 0 Å². The fourth-order valence-corrected chi connectivity index (χ4v) is 4.98. The Hall–Kier alpha value is -4.15. The summed E-state index contributed by atoms with van der Waals surface area (Å²) in [5.74, 6) is 0.131. The zero-order chi connectivity index (χ0) is 26.3. The molecule has 9 nitrogen and oxygen atoms in total. The van der Waals surface area contributed by atoms with Crippen LogP contribution in [0.25, 0.3) is 22.3 Å². The van der Waals surface area contributed by atoms with Crippen molar-refractivity contribution in [1.29, 1.82) is 0 Å². The van der Waals surface area contributed by atoms with E-state index in [2.05, 4.69) is 26.9 Å². The molecule has 192 valence electrons. The van der Waals surface area contributed by atoms with Gasteiger partial charge in [-0.3, -0.25) is 14.3 Å². The third-order valence-corrected chi connectivity index (χ3v) is 6.94. The average molecular weight is 508 g/mol. The van der Waals surface area contributed by atoms with Crippen molar-refractivity contribution in [2.24, 2.45) is 0 Å². The minimum Gasteiger partial charge on any atom is -0.482 e. The molecule has 0 radical (unpaired) electrons. The van der Waals surface area contributed by atoms with Crippen LogP contribution in [0.5, 0.6) is 5.75 Å². The van der Waals surface area contributed by atoms with Crippen LogP contribution in [0, 0.1) is 6.92 Å². The first-order valence-electron chi connectivity index (χ1n) is 12.0. The van der Waals surface area contributed by atoms with Crippen molar-refractivity contribution in [3.63, 3.8) is 0 Å². The fourth-order valence-electron chi connectivity index (χ4n) is 4.98. The highest BCUT2D eigenvalue weighted by Crippen LogP contribution is 2.38. The highest BCUT2D eigenvalue weighted by molar-refractivity contribution is 5.88. The molecule has 1 saturated heterocycles. The number of likely N-dealkylation sites (tertiary alicyclic amines) is 1. The van der Waals surface area contributed by atoms with E-state index in [1.807, 2.05) is 37.6 Å². The Kier molecular flexibility index (Phi) is 6.45. The van der Waals surface area contributed by atoms with Crippen LogP contribution >= 0.6 is 0 Å². The number of fused-ring (bicyclic) bond motifs is 1. The molecule has 1 aromatic carbocycles. The van der Waals surface area contributed by atoms with E-state index in [-0.39, 0.29) is 29.3 Å². The van der Waals surface area contributed by atoms with Gasteiger partial charge in [0.25, 0.3) is 0 Å². The summed E-state index contributed by atoms with van der Waals surface area (Å²) in [6.45, 7) is 7.10. The lowest BCUT2D eigenvalue weighted by Gasteiger charge is -2.24. The Morgan fingerprint density at radius 3 is 2.78 bits per heavy atom. The zero-order valence-corrected chi connectivity index (χ0v) is 20.8. The Labute approximate surface area is 212 Å². The highest BCUT2D eigenvalue weighted by atomic mass is 19.3. The maximum absolute atomic E-state index is 13.8. The Balaban J connectivity index is 1.54. The van der Waals surface area contributed by atoms with E-state index < -0.39 is 12.7 Å². The second kappa shape index (κ2) is 9.72. The summed E-state index contributed by atoms with van der Waals surface area (Å²) < 4.78 is 36.4. The molecule has 1 aliphatic rings. The number of halogens is 2. The number of rotatable bonds is 7. The molecule has 37 heavy (non-hydrogen) atoms. The number of alkyl halides is 2. The molecule has 1 amide bonds. The van der Waals surface area contributed by atoms with Gasteiger partial charge >= 0.3 is 6.55 Å². The average Bonchev–Trinajstić information content (AvgIpc) is 3.60. The number of carbonyl (C=O) groups is 1. The van der Waals surface area contributed by atoms with Gasteiger partial charge in [-0.1, -0.05) is 17.9 Å². The van der Waals surface area contributed by atoms with Crippen LogP contribution in [0.15, 0.2) is 55.5 Å². The van der Waals surface area contributed by atoms with Crippen LogP contribution in [0.2, 0.25) is 0 Å². The number of ether oxygens (including phenoxy) is 1. The molecule has 0 N–H and O–H groups in total. The summed E-state index contributed by atoms with van der Waals surface area (Å²) in [4.78, 5) is 22.5. The topological polar surface area (TPSA) is 91.0 Å². The molecule has 4 aromatic rings. The van der Waals surface area contributed by atoms with E-state index in [4.69, 9.17) is 4.74 Å². The molecule has 3 atom stereocenters. The molecule has 0 unspecified atom stereocenters. The van der Waals surface area contributed by atoms with Crippen molar-refractivity contribution in [3.8, 4) is 17.0 Å². The summed E-state index contributed by atoms with van der Waals surface area (Å²) in [6, 6.07) is 8.72. The summed E-state index contributed by atoms with van der Waals surface area (Å²) in [7, 11) is 0. The second-order valence-electron chi connectivity index (χ2n) is 9.09. The Bertz CT molecular complexity index is 1450. The lowest BCUT2D eigenvalue weighted by atomic mass is 10.1. The summed E-state index contributed by atoms with van der Waals surface area (Å²) in [6.07, 6.45) is 4.31. The van der Waals surface area contributed by atoms with Gasteiger partial charge in [-0.2, -0.15) is 8.78 Å². The third kappa shape index (κ3) is 4.34. The number of carbonyl (C=O) groups excluding carboxylic acids is 1. The molecule has 4 heterocycles. The highest BCUT2D eigenvalue weighted by Gasteiger charge is 2.36. The Morgan fingerprint density at radius 2 is 2.08 bits per heavy atom. The molecule has 3 aromatic heterocycles. The number of aromatic nitrogens is 6. The SMILES string of the molecule is C=CC(=O)N1CC[C@H](n2nnc(-c3cc(O[C@H](C)c4ccccn4)c4c(c3)ncn4C(F)F)c2C)[C@@H]1C. The summed E-state index contributed by atoms with van der Waals surface area (Å²) >= 11 is 0. The normalized spacial score (nSPS) is 18.5. The minimum absolute atomic E-state index is 0.0492. The van der Waals surface area contributed by atoms with Crippen molar-refractivity contribution in [3.05, 3.63) is 66.9 Å². The van der Waals surface area contributed by atoms with Crippen LogP contribution in [0.1, 0.15) is 50.4 Å². The molecule has 1 fully saturated rings. The van der Waals surface area contributed by atoms with Crippen LogP contribution in [-0.4, -0.2) is 52.9 Å². The number of hydrogen-bond donors (Lipinski definition) is 0. The number of benzene rings is 1. The largest absolute Gasteiger partial charge is 0.482 e. The van der Waals surface area contributed by atoms with Gasteiger partial charge in [0.05, 0.1) is 29.0 Å². The molecule has 0 spiro atoms. The standard InChI is InChI=1S/C26H27F2N7O2/c1-5-23(36)33-11-9-21(15(33)2)35-16(3)24(31-32-35)18-12-20-25(34(14-30-20)26(27)28)22(13-18)37-17(4)19-8-6-7-10-29-19/h5-8,10,12-15,17,21,26H,1,9,11H2,2-4H3/t15-,17+,21-/m0/s1. The van der Waals surface area contributed by atoms with Gasteiger partial charge in [0.1, 0.15) is 29.4 Å². The molecule has 1 aliphatic heterocycles. The molecular weight excluding hydrogens is 480 g/mol.